The average molecular weight is 237 g/mol. The van der Waals surface area contributed by atoms with Gasteiger partial charge < -0.3 is 15.1 Å². The topological polar surface area (TPSA) is 18.5 Å². The Morgan fingerprint density at radius 3 is 2.88 bits per heavy atom. The summed E-state index contributed by atoms with van der Waals surface area (Å²) in [5, 5.41) is 3.84. The summed E-state index contributed by atoms with van der Waals surface area (Å²) in [5.41, 5.74) is 0. The molecule has 3 unspecified atom stereocenters. The molecule has 3 nitrogen and oxygen atoms in total. The molecule has 3 heterocycles. The van der Waals surface area contributed by atoms with Gasteiger partial charge >= 0.3 is 0 Å². The van der Waals surface area contributed by atoms with E-state index in [2.05, 4.69) is 22.2 Å². The van der Waals surface area contributed by atoms with Crippen LogP contribution in [0, 0.1) is 5.92 Å². The van der Waals surface area contributed by atoms with Crippen LogP contribution in [0.5, 0.6) is 0 Å². The number of likely N-dealkylation sites (tertiary alicyclic amines) is 1. The fraction of sp³-hybridized carbons (Fsp3) is 1.00. The van der Waals surface area contributed by atoms with E-state index < -0.39 is 0 Å². The Morgan fingerprint density at radius 2 is 2.06 bits per heavy atom. The molecule has 0 saturated carbocycles. The fourth-order valence-electron chi connectivity index (χ4n) is 3.94. The molecule has 1 N–H and O–H groups in total. The molecule has 3 rings (SSSR count). The molecule has 0 aliphatic carbocycles. The molecule has 98 valence electrons. The Balaban J connectivity index is 1.40. The fourth-order valence-corrected chi connectivity index (χ4v) is 3.94. The van der Waals surface area contributed by atoms with E-state index in [4.69, 9.17) is 0 Å². The van der Waals surface area contributed by atoms with Crippen LogP contribution in [0.4, 0.5) is 0 Å². The SMILES string of the molecule is CN1CCC(CNC2CCN3CCCC3C2)C1. The van der Waals surface area contributed by atoms with E-state index in [-0.39, 0.29) is 0 Å². The number of nitrogens with one attached hydrogen (secondary N) is 1. The van der Waals surface area contributed by atoms with Crippen LogP contribution in [0.1, 0.15) is 32.1 Å². The van der Waals surface area contributed by atoms with E-state index in [9.17, 15) is 0 Å². The first kappa shape index (κ1) is 11.9. The zero-order chi connectivity index (χ0) is 11.7. The van der Waals surface area contributed by atoms with Crippen LogP contribution < -0.4 is 5.32 Å². The molecule has 3 saturated heterocycles. The van der Waals surface area contributed by atoms with E-state index in [0.717, 1.165) is 18.0 Å². The van der Waals surface area contributed by atoms with Crippen molar-refractivity contribution in [1.82, 2.24) is 15.1 Å². The minimum atomic E-state index is 0.806. The molecular formula is C14H27N3. The zero-order valence-electron chi connectivity index (χ0n) is 11.2. The molecule has 0 aromatic rings. The maximum Gasteiger partial charge on any atom is 0.0111 e. The lowest BCUT2D eigenvalue weighted by atomic mass is 9.97. The van der Waals surface area contributed by atoms with Gasteiger partial charge in [-0.05, 0) is 71.2 Å². The van der Waals surface area contributed by atoms with Crippen LogP contribution in [0.25, 0.3) is 0 Å². The lowest BCUT2D eigenvalue weighted by Crippen LogP contribution is -2.46. The highest BCUT2D eigenvalue weighted by molar-refractivity contribution is 4.89. The van der Waals surface area contributed by atoms with E-state index in [0.29, 0.717) is 0 Å². The van der Waals surface area contributed by atoms with Crippen molar-refractivity contribution in [2.45, 2.75) is 44.2 Å². The molecule has 3 fully saturated rings. The normalized spacial score (nSPS) is 39.7. The Morgan fingerprint density at radius 1 is 1.12 bits per heavy atom. The minimum Gasteiger partial charge on any atom is -0.314 e. The lowest BCUT2D eigenvalue weighted by molar-refractivity contribution is 0.164. The van der Waals surface area contributed by atoms with Crippen LogP contribution in [0.15, 0.2) is 0 Å². The Labute approximate surface area is 106 Å². The third kappa shape index (κ3) is 2.83. The van der Waals surface area contributed by atoms with Crippen molar-refractivity contribution < 1.29 is 0 Å². The molecule has 0 spiro atoms. The molecule has 0 radical (unpaired) electrons. The van der Waals surface area contributed by atoms with Crippen molar-refractivity contribution >= 4 is 0 Å². The van der Waals surface area contributed by atoms with Gasteiger partial charge in [0.2, 0.25) is 0 Å². The van der Waals surface area contributed by atoms with Gasteiger partial charge in [0.15, 0.2) is 0 Å². The van der Waals surface area contributed by atoms with Gasteiger partial charge in [-0.15, -0.1) is 0 Å². The summed E-state index contributed by atoms with van der Waals surface area (Å²) in [6.07, 6.45) is 7.06. The third-order valence-electron chi connectivity index (χ3n) is 5.00. The Hall–Kier alpha value is -0.120. The second-order valence-electron chi connectivity index (χ2n) is 6.38. The number of fused-ring (bicyclic) bond motifs is 1. The summed E-state index contributed by atoms with van der Waals surface area (Å²) in [7, 11) is 2.25. The predicted molar refractivity (Wildman–Crippen MR) is 71.2 cm³/mol. The zero-order valence-corrected chi connectivity index (χ0v) is 11.2. The quantitative estimate of drug-likeness (QED) is 0.794. The minimum absolute atomic E-state index is 0.806. The van der Waals surface area contributed by atoms with Gasteiger partial charge in [-0.3, -0.25) is 0 Å². The molecule has 3 aliphatic rings. The molecule has 0 amide bonds. The van der Waals surface area contributed by atoms with Gasteiger partial charge in [0, 0.05) is 18.6 Å². The second-order valence-corrected chi connectivity index (χ2v) is 6.38. The van der Waals surface area contributed by atoms with Gasteiger partial charge in [0.25, 0.3) is 0 Å². The lowest BCUT2D eigenvalue weighted by Gasteiger charge is -2.35. The van der Waals surface area contributed by atoms with E-state index in [1.807, 2.05) is 0 Å². The van der Waals surface area contributed by atoms with Gasteiger partial charge in [-0.2, -0.15) is 0 Å². The molecule has 17 heavy (non-hydrogen) atoms. The van der Waals surface area contributed by atoms with Crippen molar-refractivity contribution in [3.8, 4) is 0 Å². The Kier molecular flexibility index (Phi) is 3.69. The highest BCUT2D eigenvalue weighted by Crippen LogP contribution is 2.27. The van der Waals surface area contributed by atoms with Crippen LogP contribution in [0.3, 0.4) is 0 Å². The monoisotopic (exact) mass is 237 g/mol. The summed E-state index contributed by atoms with van der Waals surface area (Å²) in [4.78, 5) is 5.17. The molecule has 3 atom stereocenters. The molecular weight excluding hydrogens is 210 g/mol. The highest BCUT2D eigenvalue weighted by Gasteiger charge is 2.31. The summed E-state index contributed by atoms with van der Waals surface area (Å²) in [6.45, 7) is 6.56. The first-order valence-corrected chi connectivity index (χ1v) is 7.47. The molecule has 0 aromatic heterocycles. The predicted octanol–water partition coefficient (Wildman–Crippen LogP) is 1.15. The van der Waals surface area contributed by atoms with Gasteiger partial charge in [-0.25, -0.2) is 0 Å². The molecule has 0 bridgehead atoms. The standard InChI is InChI=1S/C14H27N3/c1-16-7-4-12(11-16)10-15-13-5-8-17-6-2-3-14(17)9-13/h12-15H,2-11H2,1H3. The van der Waals surface area contributed by atoms with Gasteiger partial charge in [0.05, 0.1) is 0 Å². The summed E-state index contributed by atoms with van der Waals surface area (Å²) in [6, 6.07) is 1.72. The van der Waals surface area contributed by atoms with Crippen LogP contribution >= 0.6 is 0 Å². The Bertz CT molecular complexity index is 256. The number of hydrogen-bond donors (Lipinski definition) is 1. The first-order chi connectivity index (χ1) is 8.31. The smallest absolute Gasteiger partial charge is 0.0111 e. The van der Waals surface area contributed by atoms with Gasteiger partial charge in [0.1, 0.15) is 0 Å². The maximum absolute atomic E-state index is 3.84. The van der Waals surface area contributed by atoms with Crippen molar-refractivity contribution in [1.29, 1.82) is 0 Å². The van der Waals surface area contributed by atoms with Crippen LogP contribution in [-0.4, -0.2) is 61.7 Å². The number of hydrogen-bond acceptors (Lipinski definition) is 3. The summed E-state index contributed by atoms with van der Waals surface area (Å²) >= 11 is 0. The van der Waals surface area contributed by atoms with E-state index >= 15 is 0 Å². The number of piperidine rings is 1. The van der Waals surface area contributed by atoms with Gasteiger partial charge in [-0.1, -0.05) is 0 Å². The van der Waals surface area contributed by atoms with Crippen molar-refractivity contribution in [2.75, 3.05) is 39.8 Å². The number of rotatable bonds is 3. The average Bonchev–Trinajstić information content (AvgIpc) is 2.94. The molecule has 3 heteroatoms. The van der Waals surface area contributed by atoms with Crippen LogP contribution in [0.2, 0.25) is 0 Å². The summed E-state index contributed by atoms with van der Waals surface area (Å²) in [5.74, 6) is 0.904. The van der Waals surface area contributed by atoms with Crippen molar-refractivity contribution in [3.63, 3.8) is 0 Å². The second kappa shape index (κ2) is 5.25. The van der Waals surface area contributed by atoms with Crippen molar-refractivity contribution in [3.05, 3.63) is 0 Å². The largest absolute Gasteiger partial charge is 0.314 e. The maximum atomic E-state index is 3.84. The van der Waals surface area contributed by atoms with E-state index in [1.165, 1.54) is 64.8 Å². The third-order valence-corrected chi connectivity index (χ3v) is 5.00. The molecule has 0 aromatic carbocycles. The van der Waals surface area contributed by atoms with E-state index in [1.54, 1.807) is 0 Å². The van der Waals surface area contributed by atoms with Crippen LogP contribution in [-0.2, 0) is 0 Å². The first-order valence-electron chi connectivity index (χ1n) is 7.47. The molecule has 3 aliphatic heterocycles. The highest BCUT2D eigenvalue weighted by atomic mass is 15.2. The van der Waals surface area contributed by atoms with Crippen molar-refractivity contribution in [2.24, 2.45) is 5.92 Å². The number of nitrogens with zero attached hydrogens (tertiary/aromatic N) is 2. The summed E-state index contributed by atoms with van der Waals surface area (Å²) < 4.78 is 0.